The van der Waals surface area contributed by atoms with Crippen LogP contribution in [0.5, 0.6) is 5.75 Å². The van der Waals surface area contributed by atoms with Crippen LogP contribution >= 0.6 is 0 Å². The van der Waals surface area contributed by atoms with Crippen LogP contribution in [0.3, 0.4) is 0 Å². The molecular formula is C16H14O. The zero-order valence-corrected chi connectivity index (χ0v) is 9.81. The number of para-hydroxylation sites is 1. The molecule has 0 aromatic heterocycles. The molecule has 1 heteroatoms. The van der Waals surface area contributed by atoms with Crippen molar-refractivity contribution in [2.45, 2.75) is 6.92 Å². The van der Waals surface area contributed by atoms with Crippen molar-refractivity contribution < 1.29 is 4.74 Å². The van der Waals surface area contributed by atoms with Gasteiger partial charge in [0.25, 0.3) is 0 Å². The van der Waals surface area contributed by atoms with E-state index in [1.165, 1.54) is 5.56 Å². The van der Waals surface area contributed by atoms with Crippen molar-refractivity contribution in [1.82, 2.24) is 0 Å². The van der Waals surface area contributed by atoms with E-state index in [-0.39, 0.29) is 0 Å². The van der Waals surface area contributed by atoms with Crippen molar-refractivity contribution >= 4 is 0 Å². The third kappa shape index (κ3) is 3.70. The Bertz CT molecular complexity index is 515. The van der Waals surface area contributed by atoms with Gasteiger partial charge in [-0.3, -0.25) is 0 Å². The van der Waals surface area contributed by atoms with Crippen molar-refractivity contribution in [2.75, 3.05) is 6.61 Å². The van der Waals surface area contributed by atoms with Crippen LogP contribution < -0.4 is 4.74 Å². The van der Waals surface area contributed by atoms with Gasteiger partial charge in [-0.05, 0) is 31.2 Å². The average Bonchev–Trinajstić information content (AvgIpc) is 2.38. The molecule has 17 heavy (non-hydrogen) atoms. The quantitative estimate of drug-likeness (QED) is 0.707. The Morgan fingerprint density at radius 3 is 2.35 bits per heavy atom. The van der Waals surface area contributed by atoms with E-state index in [0.717, 1.165) is 11.3 Å². The molecule has 0 atom stereocenters. The summed E-state index contributed by atoms with van der Waals surface area (Å²) in [6.45, 7) is 2.48. The zero-order valence-electron chi connectivity index (χ0n) is 9.81. The molecule has 0 N–H and O–H groups in total. The summed E-state index contributed by atoms with van der Waals surface area (Å²) in [5, 5.41) is 0. The molecule has 1 nitrogen and oxygen atoms in total. The fraction of sp³-hybridized carbons (Fsp3) is 0.125. The number of rotatable bonds is 2. The predicted molar refractivity (Wildman–Crippen MR) is 70.0 cm³/mol. The van der Waals surface area contributed by atoms with E-state index in [1.807, 2.05) is 42.5 Å². The van der Waals surface area contributed by atoms with E-state index < -0.39 is 0 Å². The molecule has 84 valence electrons. The second-order valence-electron chi connectivity index (χ2n) is 3.77. The summed E-state index contributed by atoms with van der Waals surface area (Å²) in [5.41, 5.74) is 2.27. The highest BCUT2D eigenvalue weighted by Gasteiger charge is 1.88. The number of ether oxygens (including phenoxy) is 1. The lowest BCUT2D eigenvalue weighted by Gasteiger charge is -1.99. The topological polar surface area (TPSA) is 9.23 Å². The molecule has 0 saturated heterocycles. The average molecular weight is 222 g/mol. The third-order valence-corrected chi connectivity index (χ3v) is 2.34. The molecule has 0 heterocycles. The first-order valence-corrected chi connectivity index (χ1v) is 5.58. The lowest BCUT2D eigenvalue weighted by Crippen LogP contribution is -1.93. The molecule has 0 aliphatic rings. The van der Waals surface area contributed by atoms with Gasteiger partial charge in [0.2, 0.25) is 0 Å². The Morgan fingerprint density at radius 1 is 0.941 bits per heavy atom. The zero-order chi connectivity index (χ0) is 11.9. The van der Waals surface area contributed by atoms with Gasteiger partial charge in [-0.1, -0.05) is 47.7 Å². The van der Waals surface area contributed by atoms with Gasteiger partial charge >= 0.3 is 0 Å². The van der Waals surface area contributed by atoms with Gasteiger partial charge in [-0.15, -0.1) is 0 Å². The monoisotopic (exact) mass is 222 g/mol. The largest absolute Gasteiger partial charge is 0.481 e. The van der Waals surface area contributed by atoms with Crippen LogP contribution in [0.1, 0.15) is 11.1 Å². The molecular weight excluding hydrogens is 208 g/mol. The summed E-state index contributed by atoms with van der Waals surface area (Å²) in [4.78, 5) is 0. The third-order valence-electron chi connectivity index (χ3n) is 2.34. The molecule has 0 saturated carbocycles. The van der Waals surface area contributed by atoms with Gasteiger partial charge in [0.05, 0.1) is 0 Å². The van der Waals surface area contributed by atoms with Gasteiger partial charge < -0.3 is 4.74 Å². The highest BCUT2D eigenvalue weighted by molar-refractivity contribution is 5.36. The van der Waals surface area contributed by atoms with Crippen molar-refractivity contribution in [1.29, 1.82) is 0 Å². The Labute approximate surface area is 102 Å². The molecule has 0 aliphatic carbocycles. The number of hydrogen-bond acceptors (Lipinski definition) is 1. The van der Waals surface area contributed by atoms with Crippen LogP contribution in [0, 0.1) is 18.8 Å². The molecule has 2 aromatic rings. The molecule has 2 aromatic carbocycles. The van der Waals surface area contributed by atoms with Gasteiger partial charge in [-0.25, -0.2) is 0 Å². The molecule has 0 fully saturated rings. The summed E-state index contributed by atoms with van der Waals surface area (Å²) < 4.78 is 5.48. The number of hydrogen-bond donors (Lipinski definition) is 0. The molecule has 0 aliphatic heterocycles. The maximum atomic E-state index is 5.48. The Balaban J connectivity index is 1.89. The Kier molecular flexibility index (Phi) is 3.83. The van der Waals surface area contributed by atoms with E-state index in [4.69, 9.17) is 4.74 Å². The molecule has 0 radical (unpaired) electrons. The molecule has 0 unspecified atom stereocenters. The summed E-state index contributed by atoms with van der Waals surface area (Å²) in [6.07, 6.45) is 0. The first-order chi connectivity index (χ1) is 8.34. The Hall–Kier alpha value is -2.20. The highest BCUT2D eigenvalue weighted by Crippen LogP contribution is 2.07. The van der Waals surface area contributed by atoms with Crippen molar-refractivity contribution in [3.63, 3.8) is 0 Å². The van der Waals surface area contributed by atoms with E-state index in [2.05, 4.69) is 30.9 Å². The lowest BCUT2D eigenvalue weighted by atomic mass is 10.2. The minimum absolute atomic E-state index is 0.415. The maximum absolute atomic E-state index is 5.48. The second kappa shape index (κ2) is 5.77. The highest BCUT2D eigenvalue weighted by atomic mass is 16.5. The SMILES string of the molecule is Cc1ccc(C#CCOc2ccccc2)cc1. The smallest absolute Gasteiger partial charge is 0.149 e. The number of aryl methyl sites for hydroxylation is 1. The fourth-order valence-electron chi connectivity index (χ4n) is 1.41. The fourth-order valence-corrected chi connectivity index (χ4v) is 1.41. The summed E-state index contributed by atoms with van der Waals surface area (Å²) in [7, 11) is 0. The van der Waals surface area contributed by atoms with Gasteiger partial charge in [0.15, 0.2) is 0 Å². The normalized spacial score (nSPS) is 9.24. The van der Waals surface area contributed by atoms with Gasteiger partial charge in [0, 0.05) is 5.56 Å². The lowest BCUT2D eigenvalue weighted by molar-refractivity contribution is 0.370. The Morgan fingerprint density at radius 2 is 1.65 bits per heavy atom. The van der Waals surface area contributed by atoms with Crippen molar-refractivity contribution in [3.8, 4) is 17.6 Å². The summed E-state index contributed by atoms with van der Waals surface area (Å²) in [5.74, 6) is 6.92. The van der Waals surface area contributed by atoms with E-state index in [9.17, 15) is 0 Å². The molecule has 0 amide bonds. The van der Waals surface area contributed by atoms with Gasteiger partial charge in [0.1, 0.15) is 12.4 Å². The summed E-state index contributed by atoms with van der Waals surface area (Å²) >= 11 is 0. The van der Waals surface area contributed by atoms with Crippen LogP contribution in [0.2, 0.25) is 0 Å². The standard InChI is InChI=1S/C16H14O/c1-14-9-11-15(12-10-14)6-5-13-17-16-7-3-2-4-8-16/h2-4,7-12H,13H2,1H3. The van der Waals surface area contributed by atoms with Crippen molar-refractivity contribution in [3.05, 3.63) is 65.7 Å². The minimum Gasteiger partial charge on any atom is -0.481 e. The van der Waals surface area contributed by atoms with Crippen LogP contribution in [0.15, 0.2) is 54.6 Å². The molecule has 0 spiro atoms. The van der Waals surface area contributed by atoms with Crippen LogP contribution in [0.4, 0.5) is 0 Å². The first-order valence-electron chi connectivity index (χ1n) is 5.58. The predicted octanol–water partition coefficient (Wildman–Crippen LogP) is 3.43. The van der Waals surface area contributed by atoms with Crippen molar-refractivity contribution in [2.24, 2.45) is 0 Å². The van der Waals surface area contributed by atoms with Crippen LogP contribution in [-0.2, 0) is 0 Å². The van der Waals surface area contributed by atoms with Crippen LogP contribution in [0.25, 0.3) is 0 Å². The van der Waals surface area contributed by atoms with E-state index in [0.29, 0.717) is 6.61 Å². The van der Waals surface area contributed by atoms with Crippen LogP contribution in [-0.4, -0.2) is 6.61 Å². The maximum Gasteiger partial charge on any atom is 0.149 e. The summed E-state index contributed by atoms with van der Waals surface area (Å²) in [6, 6.07) is 17.9. The van der Waals surface area contributed by atoms with Gasteiger partial charge in [-0.2, -0.15) is 0 Å². The first kappa shape index (κ1) is 11.3. The van der Waals surface area contributed by atoms with E-state index in [1.54, 1.807) is 0 Å². The molecule has 2 rings (SSSR count). The second-order valence-corrected chi connectivity index (χ2v) is 3.77. The van der Waals surface area contributed by atoms with E-state index >= 15 is 0 Å². The minimum atomic E-state index is 0.415. The molecule has 0 bridgehead atoms. The number of benzene rings is 2.